The summed E-state index contributed by atoms with van der Waals surface area (Å²) in [5, 5.41) is 21.1. The molecule has 3 amide bonds. The number of nitrogens with two attached hydrogens (primary N) is 2. The van der Waals surface area contributed by atoms with E-state index in [9.17, 15) is 24.0 Å². The van der Waals surface area contributed by atoms with Crippen LogP contribution in [0.15, 0.2) is 0 Å². The predicted molar refractivity (Wildman–Crippen MR) is 71.2 cm³/mol. The number of primary amides is 1. The van der Waals surface area contributed by atoms with Crippen molar-refractivity contribution in [2.24, 2.45) is 11.5 Å². The summed E-state index contributed by atoms with van der Waals surface area (Å²) >= 11 is 0. The average Bonchev–Trinajstić information content (AvgIpc) is 2.40. The Kier molecular flexibility index (Phi) is 8.15. The van der Waals surface area contributed by atoms with Gasteiger partial charge in [-0.1, -0.05) is 0 Å². The summed E-state index contributed by atoms with van der Waals surface area (Å²) in [7, 11) is 0. The number of hydrogen-bond acceptors (Lipinski definition) is 6. The Bertz CT molecular complexity index is 465. The number of amides is 3. The SMILES string of the molecule is NC(=O)CC(NC(=O)C(N)CCC(=O)O)C(=O)NCC(=O)O. The Labute approximate surface area is 125 Å². The smallest absolute Gasteiger partial charge is 0.322 e. The maximum absolute atomic E-state index is 11.7. The molecule has 124 valence electrons. The number of aliphatic carboxylic acids is 2. The van der Waals surface area contributed by atoms with Crippen LogP contribution in [-0.2, 0) is 24.0 Å². The molecule has 8 N–H and O–H groups in total. The van der Waals surface area contributed by atoms with Crippen LogP contribution in [-0.4, -0.2) is 58.5 Å². The number of carbonyl (C=O) groups is 5. The van der Waals surface area contributed by atoms with Gasteiger partial charge in [-0.15, -0.1) is 0 Å². The molecule has 11 nitrogen and oxygen atoms in total. The van der Waals surface area contributed by atoms with E-state index in [2.05, 4.69) is 5.32 Å². The second-order valence-electron chi connectivity index (χ2n) is 4.38. The van der Waals surface area contributed by atoms with Crippen molar-refractivity contribution in [1.29, 1.82) is 0 Å². The predicted octanol–water partition coefficient (Wildman–Crippen LogP) is -3.26. The van der Waals surface area contributed by atoms with E-state index < -0.39 is 54.7 Å². The van der Waals surface area contributed by atoms with Crippen molar-refractivity contribution in [3.8, 4) is 0 Å². The molecule has 0 bridgehead atoms. The van der Waals surface area contributed by atoms with Gasteiger partial charge in [-0.2, -0.15) is 0 Å². The van der Waals surface area contributed by atoms with Gasteiger partial charge in [-0.05, 0) is 6.42 Å². The summed E-state index contributed by atoms with van der Waals surface area (Å²) in [5.74, 6) is -5.11. The van der Waals surface area contributed by atoms with Crippen LogP contribution >= 0.6 is 0 Å². The summed E-state index contributed by atoms with van der Waals surface area (Å²) in [5.41, 5.74) is 10.4. The van der Waals surface area contributed by atoms with Crippen molar-refractivity contribution >= 4 is 29.7 Å². The Morgan fingerprint density at radius 3 is 2.05 bits per heavy atom. The van der Waals surface area contributed by atoms with E-state index in [1.165, 1.54) is 0 Å². The summed E-state index contributed by atoms with van der Waals surface area (Å²) in [6, 6.07) is -2.58. The monoisotopic (exact) mass is 318 g/mol. The Balaban J connectivity index is 4.65. The summed E-state index contributed by atoms with van der Waals surface area (Å²) < 4.78 is 0. The van der Waals surface area contributed by atoms with E-state index in [1.807, 2.05) is 5.32 Å². The first-order valence-corrected chi connectivity index (χ1v) is 6.19. The maximum atomic E-state index is 11.7. The fourth-order valence-corrected chi connectivity index (χ4v) is 1.39. The molecule has 0 radical (unpaired) electrons. The Morgan fingerprint density at radius 1 is 1.00 bits per heavy atom. The fourth-order valence-electron chi connectivity index (χ4n) is 1.39. The lowest BCUT2D eigenvalue weighted by Crippen LogP contribution is -2.53. The molecule has 0 aliphatic rings. The third-order valence-electron chi connectivity index (χ3n) is 2.46. The molecular formula is C11H18N4O7. The fraction of sp³-hybridized carbons (Fsp3) is 0.545. The maximum Gasteiger partial charge on any atom is 0.322 e. The van der Waals surface area contributed by atoms with Crippen LogP contribution < -0.4 is 22.1 Å². The zero-order valence-electron chi connectivity index (χ0n) is 11.6. The van der Waals surface area contributed by atoms with Crippen molar-refractivity contribution < 1.29 is 34.2 Å². The van der Waals surface area contributed by atoms with Crippen molar-refractivity contribution in [3.05, 3.63) is 0 Å². The summed E-state index contributed by atoms with van der Waals surface area (Å²) in [6.07, 6.45) is -1.07. The number of nitrogens with one attached hydrogen (secondary N) is 2. The zero-order valence-corrected chi connectivity index (χ0v) is 11.6. The van der Waals surface area contributed by atoms with Gasteiger partial charge in [0.25, 0.3) is 0 Å². The minimum Gasteiger partial charge on any atom is -0.481 e. The highest BCUT2D eigenvalue weighted by atomic mass is 16.4. The van der Waals surface area contributed by atoms with Gasteiger partial charge >= 0.3 is 11.9 Å². The second-order valence-corrected chi connectivity index (χ2v) is 4.38. The molecule has 0 saturated carbocycles. The quantitative estimate of drug-likeness (QED) is 0.241. The molecule has 0 aliphatic carbocycles. The van der Waals surface area contributed by atoms with E-state index in [1.54, 1.807) is 0 Å². The second kappa shape index (κ2) is 9.28. The third kappa shape index (κ3) is 8.47. The van der Waals surface area contributed by atoms with Gasteiger partial charge in [0.05, 0.1) is 12.5 Å². The van der Waals surface area contributed by atoms with Crippen LogP contribution in [0.3, 0.4) is 0 Å². The molecule has 0 heterocycles. The Morgan fingerprint density at radius 2 is 1.59 bits per heavy atom. The van der Waals surface area contributed by atoms with E-state index in [-0.39, 0.29) is 12.8 Å². The van der Waals surface area contributed by atoms with Gasteiger partial charge in [0.15, 0.2) is 0 Å². The van der Waals surface area contributed by atoms with Crippen LogP contribution in [0.1, 0.15) is 19.3 Å². The van der Waals surface area contributed by atoms with Crippen molar-refractivity contribution in [1.82, 2.24) is 10.6 Å². The van der Waals surface area contributed by atoms with Gasteiger partial charge in [0.2, 0.25) is 17.7 Å². The number of carboxylic acid groups (broad SMARTS) is 2. The van der Waals surface area contributed by atoms with Crippen molar-refractivity contribution in [2.75, 3.05) is 6.54 Å². The average molecular weight is 318 g/mol. The first kappa shape index (κ1) is 19.3. The molecule has 2 unspecified atom stereocenters. The van der Waals surface area contributed by atoms with Crippen LogP contribution in [0.2, 0.25) is 0 Å². The topological polar surface area (TPSA) is 202 Å². The van der Waals surface area contributed by atoms with Gasteiger partial charge in [-0.3, -0.25) is 24.0 Å². The first-order chi connectivity index (χ1) is 10.1. The highest BCUT2D eigenvalue weighted by Gasteiger charge is 2.25. The van der Waals surface area contributed by atoms with E-state index in [4.69, 9.17) is 21.7 Å². The molecule has 0 fully saturated rings. The molecule has 11 heteroatoms. The van der Waals surface area contributed by atoms with E-state index in [0.717, 1.165) is 0 Å². The number of carboxylic acids is 2. The van der Waals surface area contributed by atoms with E-state index >= 15 is 0 Å². The Hall–Kier alpha value is -2.69. The largest absolute Gasteiger partial charge is 0.481 e. The van der Waals surface area contributed by atoms with Crippen LogP contribution in [0.4, 0.5) is 0 Å². The third-order valence-corrected chi connectivity index (χ3v) is 2.46. The van der Waals surface area contributed by atoms with E-state index in [0.29, 0.717) is 0 Å². The molecule has 0 rings (SSSR count). The lowest BCUT2D eigenvalue weighted by molar-refractivity contribution is -0.138. The number of hydrogen-bond donors (Lipinski definition) is 6. The van der Waals surface area contributed by atoms with Gasteiger partial charge in [0, 0.05) is 6.42 Å². The van der Waals surface area contributed by atoms with Crippen LogP contribution in [0.25, 0.3) is 0 Å². The lowest BCUT2D eigenvalue weighted by atomic mass is 10.1. The molecule has 0 saturated heterocycles. The van der Waals surface area contributed by atoms with Gasteiger partial charge in [0.1, 0.15) is 12.6 Å². The number of carbonyl (C=O) groups excluding carboxylic acids is 3. The van der Waals surface area contributed by atoms with Crippen molar-refractivity contribution in [3.63, 3.8) is 0 Å². The minimum absolute atomic E-state index is 0.165. The number of rotatable bonds is 10. The molecule has 0 spiro atoms. The molecule has 0 aliphatic heterocycles. The molecule has 0 aromatic rings. The minimum atomic E-state index is -1.39. The molecule has 0 aromatic carbocycles. The standard InChI is InChI=1S/C11H18N4O7/c12-5(1-2-8(17)18)10(21)15-6(3-7(13)16)11(22)14-4-9(19)20/h5-6H,1-4,12H2,(H2,13,16)(H,14,22)(H,15,21)(H,17,18)(H,19,20). The van der Waals surface area contributed by atoms with Crippen molar-refractivity contribution in [2.45, 2.75) is 31.3 Å². The van der Waals surface area contributed by atoms with Gasteiger partial charge < -0.3 is 32.3 Å². The molecule has 0 aromatic heterocycles. The molecule has 22 heavy (non-hydrogen) atoms. The lowest BCUT2D eigenvalue weighted by Gasteiger charge is -2.19. The van der Waals surface area contributed by atoms with Crippen LogP contribution in [0, 0.1) is 0 Å². The highest BCUT2D eigenvalue weighted by Crippen LogP contribution is 1.98. The molecule has 2 atom stereocenters. The summed E-state index contributed by atoms with van der Waals surface area (Å²) in [6.45, 7) is -0.699. The molecular weight excluding hydrogens is 300 g/mol. The summed E-state index contributed by atoms with van der Waals surface area (Å²) in [4.78, 5) is 55.0. The highest BCUT2D eigenvalue weighted by molar-refractivity contribution is 5.94. The van der Waals surface area contributed by atoms with Gasteiger partial charge in [-0.25, -0.2) is 0 Å². The first-order valence-electron chi connectivity index (χ1n) is 6.19. The zero-order chi connectivity index (χ0) is 17.3. The normalized spacial score (nSPS) is 12.8. The van der Waals surface area contributed by atoms with Crippen LogP contribution in [0.5, 0.6) is 0 Å².